The zero-order chi connectivity index (χ0) is 40.3. The molecule has 0 saturated heterocycles. The molecule has 0 aliphatic heterocycles. The lowest BCUT2D eigenvalue weighted by molar-refractivity contribution is 0.673. The molecule has 0 saturated carbocycles. The van der Waals surface area contributed by atoms with Crippen molar-refractivity contribution in [2.24, 2.45) is 0 Å². The minimum Gasteiger partial charge on any atom is -0.455 e. The molecule has 2 heterocycles. The maximum atomic E-state index is 6.59. The Bertz CT molecular complexity index is 3560. The van der Waals surface area contributed by atoms with Crippen molar-refractivity contribution in [2.75, 3.05) is 4.90 Å². The van der Waals surface area contributed by atoms with E-state index in [1.54, 1.807) is 0 Å². The Morgan fingerprint density at radius 3 is 1.74 bits per heavy atom. The highest BCUT2D eigenvalue weighted by Crippen LogP contribution is 2.43. The SMILES string of the molecule is c1ccc(-c2ccc(N(c3ccc(-c4ccc5c(c4)c4ccccc4n5-c4ccccc4)cc3)c3cccc(-c4cccc5oc6c7ccccc7ccc6c45)c3)cc2)cc1. The van der Waals surface area contributed by atoms with E-state index in [0.29, 0.717) is 0 Å². The minimum atomic E-state index is 0.890. The van der Waals surface area contributed by atoms with Crippen LogP contribution in [0.15, 0.2) is 235 Å². The Morgan fingerprint density at radius 2 is 0.951 bits per heavy atom. The number of fused-ring (bicyclic) bond motifs is 8. The standard InChI is InChI=1S/C58H38N2O/c1-3-13-39(14-4-1)40-25-31-46(32-26-40)59(48-19-11-16-44(37-48)49-22-12-24-56-57(49)52-35-29-42-15-7-8-20-50(42)58(52)61-56)47-33-27-41(28-34-47)43-30-36-55-53(38-43)51-21-9-10-23-54(51)60(55)45-17-5-2-6-18-45/h1-38H. The molecule has 0 radical (unpaired) electrons. The molecule has 3 heteroatoms. The molecule has 10 aromatic carbocycles. The third-order valence-electron chi connectivity index (χ3n) is 12.2. The first-order chi connectivity index (χ1) is 30.2. The molecule has 2 aromatic heterocycles. The van der Waals surface area contributed by atoms with Crippen molar-refractivity contribution in [1.29, 1.82) is 0 Å². The Hall–Kier alpha value is -8.14. The van der Waals surface area contributed by atoms with E-state index in [4.69, 9.17) is 4.42 Å². The van der Waals surface area contributed by atoms with Crippen molar-refractivity contribution < 1.29 is 4.42 Å². The van der Waals surface area contributed by atoms with Crippen molar-refractivity contribution in [2.45, 2.75) is 0 Å². The fourth-order valence-electron chi connectivity index (χ4n) is 9.30. The van der Waals surface area contributed by atoms with E-state index in [-0.39, 0.29) is 0 Å². The highest BCUT2D eigenvalue weighted by molar-refractivity contribution is 6.19. The number of nitrogens with zero attached hydrogens (tertiary/aromatic N) is 2. The van der Waals surface area contributed by atoms with Gasteiger partial charge in [0.15, 0.2) is 0 Å². The van der Waals surface area contributed by atoms with Crippen LogP contribution in [-0.2, 0) is 0 Å². The van der Waals surface area contributed by atoms with Crippen LogP contribution in [0.3, 0.4) is 0 Å². The van der Waals surface area contributed by atoms with Gasteiger partial charge in [-0.3, -0.25) is 0 Å². The molecule has 286 valence electrons. The van der Waals surface area contributed by atoms with E-state index in [2.05, 4.69) is 240 Å². The van der Waals surface area contributed by atoms with Gasteiger partial charge in [0.05, 0.1) is 11.0 Å². The number of para-hydroxylation sites is 2. The van der Waals surface area contributed by atoms with E-state index >= 15 is 0 Å². The van der Waals surface area contributed by atoms with Gasteiger partial charge in [0.2, 0.25) is 0 Å². The number of furan rings is 1. The first kappa shape index (κ1) is 34.9. The largest absolute Gasteiger partial charge is 0.455 e. The van der Waals surface area contributed by atoms with Gasteiger partial charge in [0.1, 0.15) is 11.2 Å². The lowest BCUT2D eigenvalue weighted by Crippen LogP contribution is -2.10. The molecule has 0 spiro atoms. The van der Waals surface area contributed by atoms with E-state index in [9.17, 15) is 0 Å². The summed E-state index contributed by atoms with van der Waals surface area (Å²) in [4.78, 5) is 2.36. The maximum absolute atomic E-state index is 6.59. The zero-order valence-corrected chi connectivity index (χ0v) is 33.2. The summed E-state index contributed by atoms with van der Waals surface area (Å²) in [6, 6.07) is 82.8. The van der Waals surface area contributed by atoms with Gasteiger partial charge in [-0.2, -0.15) is 0 Å². The van der Waals surface area contributed by atoms with Crippen LogP contribution in [0.2, 0.25) is 0 Å². The first-order valence-corrected chi connectivity index (χ1v) is 20.8. The molecule has 0 unspecified atom stereocenters. The molecule has 12 aromatic rings. The summed E-state index contributed by atoms with van der Waals surface area (Å²) in [7, 11) is 0. The monoisotopic (exact) mass is 778 g/mol. The quantitative estimate of drug-likeness (QED) is 0.161. The van der Waals surface area contributed by atoms with Crippen LogP contribution in [0.1, 0.15) is 0 Å². The average Bonchev–Trinajstić information content (AvgIpc) is 3.89. The van der Waals surface area contributed by atoms with Crippen molar-refractivity contribution in [3.8, 4) is 39.1 Å². The summed E-state index contributed by atoms with van der Waals surface area (Å²) in [6.45, 7) is 0. The van der Waals surface area contributed by atoms with Gasteiger partial charge >= 0.3 is 0 Å². The van der Waals surface area contributed by atoms with Crippen LogP contribution in [-0.4, -0.2) is 4.57 Å². The minimum absolute atomic E-state index is 0.890. The molecular formula is C58H38N2O. The maximum Gasteiger partial charge on any atom is 0.143 e. The van der Waals surface area contributed by atoms with Crippen molar-refractivity contribution in [3.63, 3.8) is 0 Å². The van der Waals surface area contributed by atoms with E-state index < -0.39 is 0 Å². The number of anilines is 3. The molecule has 0 N–H and O–H groups in total. The Morgan fingerprint density at radius 1 is 0.344 bits per heavy atom. The van der Waals surface area contributed by atoms with Gasteiger partial charge in [-0.05, 0) is 118 Å². The Balaban J connectivity index is 0.970. The van der Waals surface area contributed by atoms with Crippen molar-refractivity contribution in [3.05, 3.63) is 231 Å². The van der Waals surface area contributed by atoms with Crippen LogP contribution in [0, 0.1) is 0 Å². The second-order valence-electron chi connectivity index (χ2n) is 15.7. The predicted molar refractivity (Wildman–Crippen MR) is 257 cm³/mol. The zero-order valence-electron chi connectivity index (χ0n) is 33.2. The summed E-state index contributed by atoms with van der Waals surface area (Å²) in [6.07, 6.45) is 0. The fraction of sp³-hybridized carbons (Fsp3) is 0. The second-order valence-corrected chi connectivity index (χ2v) is 15.7. The highest BCUT2D eigenvalue weighted by atomic mass is 16.3. The summed E-state index contributed by atoms with van der Waals surface area (Å²) >= 11 is 0. The van der Waals surface area contributed by atoms with E-state index in [0.717, 1.165) is 61.2 Å². The molecule has 61 heavy (non-hydrogen) atoms. The number of aromatic nitrogens is 1. The molecule has 0 atom stereocenters. The van der Waals surface area contributed by atoms with E-state index in [1.165, 1.54) is 49.4 Å². The van der Waals surface area contributed by atoms with Crippen LogP contribution in [0.4, 0.5) is 17.1 Å². The molecule has 0 fully saturated rings. The third kappa shape index (κ3) is 5.90. The molecule has 0 amide bonds. The summed E-state index contributed by atoms with van der Waals surface area (Å²) < 4.78 is 8.96. The van der Waals surface area contributed by atoms with Crippen LogP contribution >= 0.6 is 0 Å². The normalized spacial score (nSPS) is 11.6. The van der Waals surface area contributed by atoms with Crippen LogP contribution in [0.25, 0.3) is 93.6 Å². The topological polar surface area (TPSA) is 21.3 Å². The molecule has 0 bridgehead atoms. The van der Waals surface area contributed by atoms with Gasteiger partial charge in [0.25, 0.3) is 0 Å². The van der Waals surface area contributed by atoms with Crippen LogP contribution in [0.5, 0.6) is 0 Å². The lowest BCUT2D eigenvalue weighted by Gasteiger charge is -2.26. The molecule has 0 aliphatic carbocycles. The van der Waals surface area contributed by atoms with Gasteiger partial charge in [-0.25, -0.2) is 0 Å². The third-order valence-corrected chi connectivity index (χ3v) is 12.2. The van der Waals surface area contributed by atoms with Gasteiger partial charge in [-0.1, -0.05) is 152 Å². The molecule has 3 nitrogen and oxygen atoms in total. The number of hydrogen-bond donors (Lipinski definition) is 0. The second kappa shape index (κ2) is 14.3. The summed E-state index contributed by atoms with van der Waals surface area (Å²) in [5, 5.41) is 7.05. The summed E-state index contributed by atoms with van der Waals surface area (Å²) in [5.41, 5.74) is 15.6. The molecule has 0 aliphatic rings. The Kier molecular flexibility index (Phi) is 8.17. The van der Waals surface area contributed by atoms with Gasteiger partial charge in [0, 0.05) is 49.7 Å². The smallest absolute Gasteiger partial charge is 0.143 e. The van der Waals surface area contributed by atoms with Crippen LogP contribution < -0.4 is 4.90 Å². The van der Waals surface area contributed by atoms with E-state index in [1.807, 2.05) is 0 Å². The highest BCUT2D eigenvalue weighted by Gasteiger charge is 2.19. The number of hydrogen-bond acceptors (Lipinski definition) is 2. The number of benzene rings is 10. The lowest BCUT2D eigenvalue weighted by atomic mass is 9.97. The molecular weight excluding hydrogens is 741 g/mol. The van der Waals surface area contributed by atoms with Crippen molar-refractivity contribution in [1.82, 2.24) is 4.57 Å². The Labute approximate surface area is 353 Å². The van der Waals surface area contributed by atoms with Crippen molar-refractivity contribution >= 4 is 71.6 Å². The first-order valence-electron chi connectivity index (χ1n) is 20.8. The summed E-state index contributed by atoms with van der Waals surface area (Å²) in [5.74, 6) is 0. The fourth-order valence-corrected chi connectivity index (χ4v) is 9.30. The molecule has 12 rings (SSSR count). The van der Waals surface area contributed by atoms with Gasteiger partial charge in [-0.15, -0.1) is 0 Å². The average molecular weight is 779 g/mol. The predicted octanol–water partition coefficient (Wildman–Crippen LogP) is 16.3. The van der Waals surface area contributed by atoms with Gasteiger partial charge < -0.3 is 13.9 Å². The number of rotatable bonds is 7.